The van der Waals surface area contributed by atoms with Crippen molar-refractivity contribution in [2.45, 2.75) is 26.1 Å². The molecule has 1 aliphatic rings. The molecule has 1 aromatic heterocycles. The predicted molar refractivity (Wildman–Crippen MR) is 58.8 cm³/mol. The van der Waals surface area contributed by atoms with Crippen molar-refractivity contribution in [1.29, 1.82) is 0 Å². The van der Waals surface area contributed by atoms with Gasteiger partial charge >= 0.3 is 6.18 Å². The topological polar surface area (TPSA) is 51.1 Å². The summed E-state index contributed by atoms with van der Waals surface area (Å²) in [7, 11) is 0. The maximum atomic E-state index is 12.9. The zero-order valence-electron chi connectivity index (χ0n) is 9.60. The van der Waals surface area contributed by atoms with E-state index in [2.05, 4.69) is 5.32 Å². The number of anilines is 1. The normalized spacial score (nSPS) is 14.2. The molecule has 2 rings (SSSR count). The van der Waals surface area contributed by atoms with Gasteiger partial charge in [-0.2, -0.15) is 13.2 Å². The Morgan fingerprint density at radius 1 is 1.50 bits per heavy atom. The summed E-state index contributed by atoms with van der Waals surface area (Å²) in [4.78, 5) is 23.2. The van der Waals surface area contributed by atoms with Gasteiger partial charge in [0.1, 0.15) is 5.82 Å². The molecule has 4 nitrogen and oxygen atoms in total. The van der Waals surface area contributed by atoms with Crippen molar-refractivity contribution in [3.63, 3.8) is 0 Å². The fraction of sp³-hybridized carbons (Fsp3) is 0.455. The first-order valence-corrected chi connectivity index (χ1v) is 5.48. The van der Waals surface area contributed by atoms with E-state index in [1.54, 1.807) is 0 Å². The number of nitrogens with zero attached hydrogens (tertiary/aromatic N) is 1. The van der Waals surface area contributed by atoms with Gasteiger partial charge in [0.2, 0.25) is 0 Å². The number of aromatic nitrogens is 1. The van der Waals surface area contributed by atoms with Crippen LogP contribution in [0, 0.1) is 0 Å². The van der Waals surface area contributed by atoms with Crippen LogP contribution < -0.4 is 10.9 Å². The Morgan fingerprint density at radius 3 is 2.72 bits per heavy atom. The molecule has 0 saturated heterocycles. The molecule has 98 valence electrons. The minimum absolute atomic E-state index is 0.0123. The molecule has 0 unspecified atom stereocenters. The van der Waals surface area contributed by atoms with E-state index in [1.165, 1.54) is 6.92 Å². The molecule has 2 heterocycles. The first-order chi connectivity index (χ1) is 8.36. The molecule has 7 heteroatoms. The highest BCUT2D eigenvalue weighted by Crippen LogP contribution is 2.35. The molecule has 1 aromatic rings. The number of fused-ring (bicyclic) bond motifs is 1. The van der Waals surface area contributed by atoms with E-state index in [-0.39, 0.29) is 18.8 Å². The predicted octanol–water partition coefficient (Wildman–Crippen LogP) is 1.89. The molecule has 18 heavy (non-hydrogen) atoms. The Kier molecular flexibility index (Phi) is 2.92. The van der Waals surface area contributed by atoms with E-state index in [1.807, 2.05) is 0 Å². The third-order valence-electron chi connectivity index (χ3n) is 2.84. The van der Waals surface area contributed by atoms with E-state index in [4.69, 9.17) is 0 Å². The van der Waals surface area contributed by atoms with Crippen molar-refractivity contribution in [3.05, 3.63) is 27.5 Å². The van der Waals surface area contributed by atoms with Crippen LogP contribution in [0.3, 0.4) is 0 Å². The van der Waals surface area contributed by atoms with Gasteiger partial charge in [0, 0.05) is 25.6 Å². The van der Waals surface area contributed by atoms with E-state index in [9.17, 15) is 22.8 Å². The SMILES string of the molecule is CCC(=O)c1c(C(F)(F)F)cc(=O)n2c1NCC2. The quantitative estimate of drug-likeness (QED) is 0.826. The summed E-state index contributed by atoms with van der Waals surface area (Å²) in [5, 5.41) is 2.68. The molecular formula is C11H11F3N2O2. The molecule has 0 amide bonds. The van der Waals surface area contributed by atoms with Crippen LogP contribution >= 0.6 is 0 Å². The lowest BCUT2D eigenvalue weighted by atomic mass is 10.0. The second-order valence-electron chi connectivity index (χ2n) is 3.97. The van der Waals surface area contributed by atoms with Crippen LogP contribution in [0.15, 0.2) is 10.9 Å². The van der Waals surface area contributed by atoms with Crippen molar-refractivity contribution in [2.24, 2.45) is 0 Å². The Morgan fingerprint density at radius 2 is 2.17 bits per heavy atom. The fourth-order valence-corrected chi connectivity index (χ4v) is 2.02. The van der Waals surface area contributed by atoms with Gasteiger partial charge in [-0.15, -0.1) is 0 Å². The molecule has 0 aromatic carbocycles. The van der Waals surface area contributed by atoms with Gasteiger partial charge < -0.3 is 5.32 Å². The van der Waals surface area contributed by atoms with Crippen molar-refractivity contribution in [1.82, 2.24) is 4.57 Å². The Hall–Kier alpha value is -1.79. The first kappa shape index (κ1) is 12.7. The highest BCUT2D eigenvalue weighted by molar-refractivity contribution is 6.02. The lowest BCUT2D eigenvalue weighted by molar-refractivity contribution is -0.138. The Balaban J connectivity index is 2.78. The molecule has 0 saturated carbocycles. The smallest absolute Gasteiger partial charge is 0.369 e. The summed E-state index contributed by atoms with van der Waals surface area (Å²) in [6, 6.07) is 0.499. The molecule has 0 spiro atoms. The first-order valence-electron chi connectivity index (χ1n) is 5.48. The molecule has 0 fully saturated rings. The molecule has 0 atom stereocenters. The van der Waals surface area contributed by atoms with E-state index in [0.29, 0.717) is 12.6 Å². The lowest BCUT2D eigenvalue weighted by Crippen LogP contribution is -2.25. The summed E-state index contributed by atoms with van der Waals surface area (Å²) >= 11 is 0. The summed E-state index contributed by atoms with van der Waals surface area (Å²) in [5.74, 6) is -0.637. The number of alkyl halides is 3. The molecule has 1 aliphatic heterocycles. The van der Waals surface area contributed by atoms with E-state index < -0.39 is 28.6 Å². The van der Waals surface area contributed by atoms with Gasteiger partial charge in [0.15, 0.2) is 5.78 Å². The van der Waals surface area contributed by atoms with Crippen LogP contribution in [-0.4, -0.2) is 16.9 Å². The largest absolute Gasteiger partial charge is 0.417 e. The number of halogens is 3. The number of ketones is 1. The Bertz CT molecular complexity index is 561. The lowest BCUT2D eigenvalue weighted by Gasteiger charge is -2.15. The maximum Gasteiger partial charge on any atom is 0.417 e. The molecule has 1 N–H and O–H groups in total. The zero-order valence-corrected chi connectivity index (χ0v) is 9.60. The fourth-order valence-electron chi connectivity index (χ4n) is 2.02. The van der Waals surface area contributed by atoms with Gasteiger partial charge in [0.05, 0.1) is 11.1 Å². The van der Waals surface area contributed by atoms with Crippen LogP contribution in [0.5, 0.6) is 0 Å². The van der Waals surface area contributed by atoms with Gasteiger partial charge in [-0.05, 0) is 0 Å². The van der Waals surface area contributed by atoms with Crippen molar-refractivity contribution < 1.29 is 18.0 Å². The third kappa shape index (κ3) is 1.89. The van der Waals surface area contributed by atoms with Crippen molar-refractivity contribution in [2.75, 3.05) is 11.9 Å². The number of hydrogen-bond acceptors (Lipinski definition) is 3. The van der Waals surface area contributed by atoms with Gasteiger partial charge in [-0.3, -0.25) is 14.2 Å². The highest BCUT2D eigenvalue weighted by Gasteiger charge is 2.38. The second-order valence-corrected chi connectivity index (χ2v) is 3.97. The molecule has 0 bridgehead atoms. The summed E-state index contributed by atoms with van der Waals surface area (Å²) in [5.41, 5.74) is -2.32. The van der Waals surface area contributed by atoms with Crippen LogP contribution in [0.2, 0.25) is 0 Å². The standard InChI is InChI=1S/C11H11F3N2O2/c1-2-7(17)9-6(11(12,13)14)5-8(18)16-4-3-15-10(9)16/h5,15H,2-4H2,1H3. The summed E-state index contributed by atoms with van der Waals surface area (Å²) in [6.45, 7) is 2.11. The number of hydrogen-bond donors (Lipinski definition) is 1. The minimum Gasteiger partial charge on any atom is -0.369 e. The van der Waals surface area contributed by atoms with Crippen LogP contribution in [-0.2, 0) is 12.7 Å². The van der Waals surface area contributed by atoms with Crippen LogP contribution in [0.25, 0.3) is 0 Å². The number of rotatable bonds is 2. The third-order valence-corrected chi connectivity index (χ3v) is 2.84. The monoisotopic (exact) mass is 260 g/mol. The van der Waals surface area contributed by atoms with Gasteiger partial charge in [-0.25, -0.2) is 0 Å². The van der Waals surface area contributed by atoms with Crippen molar-refractivity contribution >= 4 is 11.6 Å². The maximum absolute atomic E-state index is 12.9. The number of Topliss-reactive ketones (excluding diaryl/α,β-unsaturated/α-hetero) is 1. The number of nitrogens with one attached hydrogen (secondary N) is 1. The average Bonchev–Trinajstić information content (AvgIpc) is 2.76. The molecular weight excluding hydrogens is 249 g/mol. The molecule has 0 aliphatic carbocycles. The van der Waals surface area contributed by atoms with Crippen LogP contribution in [0.4, 0.5) is 19.0 Å². The van der Waals surface area contributed by atoms with E-state index >= 15 is 0 Å². The van der Waals surface area contributed by atoms with Crippen molar-refractivity contribution in [3.8, 4) is 0 Å². The highest BCUT2D eigenvalue weighted by atomic mass is 19.4. The zero-order chi connectivity index (χ0) is 13.5. The number of carbonyl (C=O) groups is 1. The Labute approximate surface area is 100 Å². The minimum atomic E-state index is -4.71. The van der Waals surface area contributed by atoms with Gasteiger partial charge in [0.25, 0.3) is 5.56 Å². The molecule has 0 radical (unpaired) electrons. The van der Waals surface area contributed by atoms with Gasteiger partial charge in [-0.1, -0.05) is 6.92 Å². The average molecular weight is 260 g/mol. The number of carbonyl (C=O) groups excluding carboxylic acids is 1. The number of pyridine rings is 1. The second kappa shape index (κ2) is 4.15. The summed E-state index contributed by atoms with van der Waals surface area (Å²) < 4.78 is 39.8. The summed E-state index contributed by atoms with van der Waals surface area (Å²) in [6.07, 6.45) is -4.75. The van der Waals surface area contributed by atoms with Crippen LogP contribution in [0.1, 0.15) is 29.3 Å². The van der Waals surface area contributed by atoms with E-state index in [0.717, 1.165) is 4.57 Å².